The quantitative estimate of drug-likeness (QED) is 0.635. The molecule has 4 rings (SSSR count). The number of carbonyl (C=O) groups is 1. The van der Waals surface area contributed by atoms with Crippen molar-refractivity contribution in [2.45, 2.75) is 17.7 Å². The maximum Gasteiger partial charge on any atom is 0.243 e. The molecule has 0 spiro atoms. The van der Waals surface area contributed by atoms with E-state index in [0.717, 1.165) is 29.6 Å². The van der Waals surface area contributed by atoms with Gasteiger partial charge in [0.15, 0.2) is 0 Å². The maximum atomic E-state index is 12.8. The average Bonchev–Trinajstić information content (AvgIpc) is 3.16. The van der Waals surface area contributed by atoms with E-state index in [4.69, 9.17) is 0 Å². The number of nitrogens with zero attached hydrogens (tertiary/aromatic N) is 2. The number of aromatic amines is 1. The number of para-hydroxylation sites is 1. The first-order valence-corrected chi connectivity index (χ1v) is 11.5. The Kier molecular flexibility index (Phi) is 5.90. The Morgan fingerprint density at radius 1 is 1.03 bits per heavy atom. The summed E-state index contributed by atoms with van der Waals surface area (Å²) in [7, 11) is -1.51. The van der Waals surface area contributed by atoms with E-state index in [9.17, 15) is 13.2 Å². The van der Waals surface area contributed by atoms with Gasteiger partial charge in [-0.1, -0.05) is 18.2 Å². The number of carbonyl (C=O) groups excluding carboxylic acids is 1. The summed E-state index contributed by atoms with van der Waals surface area (Å²) < 4.78 is 27.1. The molecule has 0 unspecified atom stereocenters. The number of fused-ring (bicyclic) bond motifs is 1. The summed E-state index contributed by atoms with van der Waals surface area (Å²) in [6.45, 7) is 2.43. The van der Waals surface area contributed by atoms with E-state index < -0.39 is 10.0 Å². The number of sulfonamides is 1. The molecule has 1 aliphatic heterocycles. The highest BCUT2D eigenvalue weighted by molar-refractivity contribution is 7.89. The highest BCUT2D eigenvalue weighted by Gasteiger charge is 2.27. The number of hydrogen-bond acceptors (Lipinski definition) is 4. The fourth-order valence-corrected chi connectivity index (χ4v) is 5.12. The summed E-state index contributed by atoms with van der Waals surface area (Å²) in [5.74, 6) is -0.102. The Morgan fingerprint density at radius 3 is 2.47 bits per heavy atom. The van der Waals surface area contributed by atoms with Gasteiger partial charge in [-0.05, 0) is 49.4 Å². The number of rotatable bonds is 6. The third kappa shape index (κ3) is 4.40. The number of hydrogen-bond donors (Lipinski definition) is 2. The molecule has 158 valence electrons. The molecule has 3 aromatic rings. The molecule has 0 saturated carbocycles. The first-order valence-electron chi connectivity index (χ1n) is 10.1. The first-order chi connectivity index (χ1) is 14.4. The van der Waals surface area contributed by atoms with Gasteiger partial charge in [-0.3, -0.25) is 4.79 Å². The number of benzene rings is 2. The van der Waals surface area contributed by atoms with Crippen molar-refractivity contribution in [3.05, 3.63) is 60.3 Å². The Balaban J connectivity index is 1.35. The van der Waals surface area contributed by atoms with Crippen molar-refractivity contribution in [3.8, 4) is 0 Å². The van der Waals surface area contributed by atoms with E-state index in [-0.39, 0.29) is 10.8 Å². The van der Waals surface area contributed by atoms with E-state index in [0.29, 0.717) is 31.6 Å². The van der Waals surface area contributed by atoms with Gasteiger partial charge in [-0.15, -0.1) is 0 Å². The topological polar surface area (TPSA) is 85.5 Å². The summed E-state index contributed by atoms with van der Waals surface area (Å²) in [4.78, 5) is 17.9. The van der Waals surface area contributed by atoms with Gasteiger partial charge in [-0.2, -0.15) is 4.31 Å². The molecule has 7 nitrogen and oxygen atoms in total. The van der Waals surface area contributed by atoms with Gasteiger partial charge in [0.2, 0.25) is 15.9 Å². The Morgan fingerprint density at radius 2 is 1.73 bits per heavy atom. The molecule has 1 fully saturated rings. The Hall–Kier alpha value is -2.68. The third-order valence-electron chi connectivity index (χ3n) is 5.53. The van der Waals surface area contributed by atoms with Crippen LogP contribution in [-0.2, 0) is 21.2 Å². The zero-order chi connectivity index (χ0) is 21.1. The molecule has 0 atom stereocenters. The fraction of sp³-hybridized carbons (Fsp3) is 0.318. The van der Waals surface area contributed by atoms with Crippen LogP contribution >= 0.6 is 0 Å². The number of aromatic nitrogens is 1. The zero-order valence-electron chi connectivity index (χ0n) is 17.0. The Bertz CT molecular complexity index is 1130. The first kappa shape index (κ1) is 20.6. The van der Waals surface area contributed by atoms with Crippen molar-refractivity contribution in [2.24, 2.45) is 0 Å². The predicted molar refractivity (Wildman–Crippen MR) is 118 cm³/mol. The van der Waals surface area contributed by atoms with Gasteiger partial charge in [0.05, 0.1) is 4.90 Å². The van der Waals surface area contributed by atoms with Crippen molar-refractivity contribution >= 4 is 32.5 Å². The number of amides is 1. The van der Waals surface area contributed by atoms with Crippen molar-refractivity contribution < 1.29 is 13.2 Å². The second-order valence-corrected chi connectivity index (χ2v) is 9.58. The van der Waals surface area contributed by atoms with E-state index in [2.05, 4.69) is 15.2 Å². The van der Waals surface area contributed by atoms with Crippen LogP contribution in [0.25, 0.3) is 10.9 Å². The molecule has 1 aromatic heterocycles. The second kappa shape index (κ2) is 8.59. The fourth-order valence-electron chi connectivity index (χ4n) is 3.70. The smallest absolute Gasteiger partial charge is 0.243 e. The minimum atomic E-state index is -3.50. The summed E-state index contributed by atoms with van der Waals surface area (Å²) >= 11 is 0. The highest BCUT2D eigenvalue weighted by Crippen LogP contribution is 2.21. The van der Waals surface area contributed by atoms with Gasteiger partial charge in [0.25, 0.3) is 0 Å². The van der Waals surface area contributed by atoms with Gasteiger partial charge >= 0.3 is 0 Å². The van der Waals surface area contributed by atoms with E-state index >= 15 is 0 Å². The molecule has 30 heavy (non-hydrogen) atoms. The van der Waals surface area contributed by atoms with Crippen LogP contribution < -0.4 is 5.32 Å². The summed E-state index contributed by atoms with van der Waals surface area (Å²) in [6.07, 6.45) is 2.92. The van der Waals surface area contributed by atoms with Crippen LogP contribution in [0.15, 0.2) is 59.6 Å². The SMILES string of the molecule is CN1CCN(S(=O)(=O)c2ccc(NC(=O)CCc3c[nH]c4ccccc34)cc2)CC1. The van der Waals surface area contributed by atoms with Gasteiger partial charge in [-0.25, -0.2) is 8.42 Å². The van der Waals surface area contributed by atoms with Crippen molar-refractivity contribution in [1.29, 1.82) is 0 Å². The summed E-state index contributed by atoms with van der Waals surface area (Å²) in [5.41, 5.74) is 2.76. The van der Waals surface area contributed by atoms with Crippen molar-refractivity contribution in [2.75, 3.05) is 38.5 Å². The molecule has 0 radical (unpaired) electrons. The second-order valence-electron chi connectivity index (χ2n) is 7.64. The summed E-state index contributed by atoms with van der Waals surface area (Å²) in [5, 5.41) is 3.98. The normalized spacial score (nSPS) is 16.0. The van der Waals surface area contributed by atoms with Crippen LogP contribution in [0.3, 0.4) is 0 Å². The van der Waals surface area contributed by atoms with Crippen LogP contribution in [0.4, 0.5) is 5.69 Å². The minimum Gasteiger partial charge on any atom is -0.361 e. The number of anilines is 1. The van der Waals surface area contributed by atoms with Crippen molar-refractivity contribution in [3.63, 3.8) is 0 Å². The lowest BCUT2D eigenvalue weighted by atomic mass is 10.1. The standard InChI is InChI=1S/C22H26N4O3S/c1-25-12-14-26(15-13-25)30(28,29)19-9-7-18(8-10-19)24-22(27)11-6-17-16-23-21-5-3-2-4-20(17)21/h2-5,7-10,16,23H,6,11-15H2,1H3,(H,24,27). The molecule has 1 aliphatic rings. The summed E-state index contributed by atoms with van der Waals surface area (Å²) in [6, 6.07) is 14.4. The largest absolute Gasteiger partial charge is 0.361 e. The lowest BCUT2D eigenvalue weighted by Crippen LogP contribution is -2.46. The molecular weight excluding hydrogens is 400 g/mol. The number of nitrogens with one attached hydrogen (secondary N) is 2. The molecule has 8 heteroatoms. The number of likely N-dealkylation sites (N-methyl/N-ethyl adjacent to an activating group) is 1. The Labute approximate surface area is 176 Å². The third-order valence-corrected chi connectivity index (χ3v) is 7.45. The molecule has 0 bridgehead atoms. The predicted octanol–water partition coefficient (Wildman–Crippen LogP) is 2.68. The van der Waals surface area contributed by atoms with Gasteiger partial charge < -0.3 is 15.2 Å². The monoisotopic (exact) mass is 426 g/mol. The molecule has 1 amide bonds. The molecule has 2 heterocycles. The molecule has 2 N–H and O–H groups in total. The van der Waals surface area contributed by atoms with Crippen LogP contribution in [0.1, 0.15) is 12.0 Å². The van der Waals surface area contributed by atoms with Gasteiger partial charge in [0, 0.05) is 55.4 Å². The molecule has 2 aromatic carbocycles. The number of H-pyrrole nitrogens is 1. The zero-order valence-corrected chi connectivity index (χ0v) is 17.8. The van der Waals surface area contributed by atoms with E-state index in [1.165, 1.54) is 4.31 Å². The van der Waals surface area contributed by atoms with Gasteiger partial charge in [0.1, 0.15) is 0 Å². The van der Waals surface area contributed by atoms with Crippen LogP contribution in [-0.4, -0.2) is 61.7 Å². The van der Waals surface area contributed by atoms with E-state index in [1.807, 2.05) is 37.5 Å². The number of piperazine rings is 1. The lowest BCUT2D eigenvalue weighted by molar-refractivity contribution is -0.116. The van der Waals surface area contributed by atoms with Crippen LogP contribution in [0.5, 0.6) is 0 Å². The van der Waals surface area contributed by atoms with Crippen molar-refractivity contribution in [1.82, 2.24) is 14.2 Å². The molecule has 0 aliphatic carbocycles. The van der Waals surface area contributed by atoms with Crippen LogP contribution in [0, 0.1) is 0 Å². The van der Waals surface area contributed by atoms with E-state index in [1.54, 1.807) is 24.3 Å². The highest BCUT2D eigenvalue weighted by atomic mass is 32.2. The maximum absolute atomic E-state index is 12.8. The lowest BCUT2D eigenvalue weighted by Gasteiger charge is -2.31. The average molecular weight is 427 g/mol. The molecule has 1 saturated heterocycles. The minimum absolute atomic E-state index is 0.102. The van der Waals surface area contributed by atoms with Crippen LogP contribution in [0.2, 0.25) is 0 Å². The molecular formula is C22H26N4O3S. The number of aryl methyl sites for hydroxylation is 1.